The third-order valence-electron chi connectivity index (χ3n) is 4.19. The number of nitrogens with zero attached hydrogens (tertiary/aromatic N) is 2. The number of rotatable bonds is 10. The maximum Gasteiger partial charge on any atom is 0.270 e. The van der Waals surface area contributed by atoms with E-state index in [2.05, 4.69) is 53.3 Å². The van der Waals surface area contributed by atoms with Crippen LogP contribution in [-0.2, 0) is 17.8 Å². The summed E-state index contributed by atoms with van der Waals surface area (Å²) >= 11 is 1.45. The van der Waals surface area contributed by atoms with E-state index >= 15 is 0 Å². The van der Waals surface area contributed by atoms with Crippen LogP contribution in [0.15, 0.2) is 35.7 Å². The molecule has 0 fully saturated rings. The molecule has 0 spiro atoms. The number of likely N-dealkylation sites (N-methyl/N-ethyl adjacent to an activating group) is 1. The van der Waals surface area contributed by atoms with Crippen LogP contribution in [0.1, 0.15) is 34.9 Å². The van der Waals surface area contributed by atoms with E-state index in [4.69, 9.17) is 4.74 Å². The molecule has 1 aromatic heterocycles. The lowest BCUT2D eigenvalue weighted by Crippen LogP contribution is -2.45. The van der Waals surface area contributed by atoms with E-state index in [0.717, 1.165) is 24.5 Å². The molecule has 1 aromatic carbocycles. The van der Waals surface area contributed by atoms with E-state index in [1.54, 1.807) is 12.5 Å². The summed E-state index contributed by atoms with van der Waals surface area (Å²) in [5.74, 6) is -0.121. The molecule has 2 aromatic rings. The number of carbonyl (C=O) groups is 1. The molecule has 1 atom stereocenters. The summed E-state index contributed by atoms with van der Waals surface area (Å²) in [7, 11) is 1.62. The number of aromatic nitrogens is 1. The maximum atomic E-state index is 12.4. The summed E-state index contributed by atoms with van der Waals surface area (Å²) < 4.78 is 5.06. The fourth-order valence-corrected chi connectivity index (χ4v) is 3.61. The molecule has 2 rings (SSSR count). The van der Waals surface area contributed by atoms with E-state index in [-0.39, 0.29) is 11.9 Å². The molecule has 6 heteroatoms. The van der Waals surface area contributed by atoms with Crippen molar-refractivity contribution in [2.24, 2.45) is 0 Å². The first-order chi connectivity index (χ1) is 12.2. The Labute approximate surface area is 154 Å². The molecule has 0 aliphatic carbocycles. The number of hydrogen-bond donors (Lipinski definition) is 1. The number of methoxy groups -OCH3 is 1. The fourth-order valence-electron chi connectivity index (χ4n) is 2.86. The minimum atomic E-state index is -0.121. The highest BCUT2D eigenvalue weighted by Gasteiger charge is 2.18. The Morgan fingerprint density at radius 2 is 2.00 bits per heavy atom. The Kier molecular flexibility index (Phi) is 8.04. The van der Waals surface area contributed by atoms with Crippen molar-refractivity contribution in [1.82, 2.24) is 15.2 Å². The zero-order chi connectivity index (χ0) is 18.1. The van der Waals surface area contributed by atoms with Crippen molar-refractivity contribution in [3.8, 4) is 0 Å². The lowest BCUT2D eigenvalue weighted by molar-refractivity contribution is 0.0929. The number of ether oxygens (including phenoxy) is 1. The normalized spacial score (nSPS) is 12.3. The van der Waals surface area contributed by atoms with Crippen molar-refractivity contribution in [2.75, 3.05) is 26.7 Å². The first-order valence-electron chi connectivity index (χ1n) is 8.67. The zero-order valence-electron chi connectivity index (χ0n) is 15.2. The summed E-state index contributed by atoms with van der Waals surface area (Å²) in [5, 5.41) is 5.65. The Morgan fingerprint density at radius 1 is 1.28 bits per heavy atom. The second kappa shape index (κ2) is 10.3. The molecule has 0 bridgehead atoms. The molecular weight excluding hydrogens is 334 g/mol. The molecule has 0 radical (unpaired) electrons. The van der Waals surface area contributed by atoms with Crippen molar-refractivity contribution >= 4 is 17.2 Å². The van der Waals surface area contributed by atoms with Crippen LogP contribution < -0.4 is 5.32 Å². The van der Waals surface area contributed by atoms with E-state index in [0.29, 0.717) is 18.8 Å². The molecule has 1 unspecified atom stereocenters. The van der Waals surface area contributed by atoms with Gasteiger partial charge in [0.05, 0.1) is 6.61 Å². The number of amides is 1. The zero-order valence-corrected chi connectivity index (χ0v) is 16.0. The number of carbonyl (C=O) groups excluding carboxylic acids is 1. The predicted octanol–water partition coefficient (Wildman–Crippen LogP) is 2.97. The quantitative estimate of drug-likeness (QED) is 0.707. The van der Waals surface area contributed by atoms with Crippen molar-refractivity contribution in [1.29, 1.82) is 0 Å². The van der Waals surface area contributed by atoms with Gasteiger partial charge in [-0.25, -0.2) is 4.98 Å². The van der Waals surface area contributed by atoms with Crippen molar-refractivity contribution in [3.63, 3.8) is 0 Å². The SMILES string of the molecule is CCN(CC)C(CNC(=O)c1csc(COC)n1)Cc1ccccc1. The largest absolute Gasteiger partial charge is 0.378 e. The minimum Gasteiger partial charge on any atom is -0.378 e. The fraction of sp³-hybridized carbons (Fsp3) is 0.474. The second-order valence-corrected chi connectivity index (χ2v) is 6.78. The van der Waals surface area contributed by atoms with E-state index in [9.17, 15) is 4.79 Å². The highest BCUT2D eigenvalue weighted by Crippen LogP contribution is 2.12. The Hall–Kier alpha value is -1.76. The Balaban J connectivity index is 1.99. The van der Waals surface area contributed by atoms with Gasteiger partial charge in [0.1, 0.15) is 10.7 Å². The first-order valence-corrected chi connectivity index (χ1v) is 9.55. The molecule has 0 saturated carbocycles. The molecule has 1 amide bonds. The van der Waals surface area contributed by atoms with Crippen molar-refractivity contribution in [2.45, 2.75) is 32.9 Å². The molecule has 25 heavy (non-hydrogen) atoms. The summed E-state index contributed by atoms with van der Waals surface area (Å²) in [4.78, 5) is 19.1. The van der Waals surface area contributed by atoms with Crippen LogP contribution in [0.5, 0.6) is 0 Å². The average Bonchev–Trinajstić information content (AvgIpc) is 3.10. The van der Waals surface area contributed by atoms with Crippen LogP contribution in [0.2, 0.25) is 0 Å². The number of benzene rings is 1. The van der Waals surface area contributed by atoms with Gasteiger partial charge in [0.2, 0.25) is 0 Å². The third kappa shape index (κ3) is 5.92. The molecule has 0 saturated heterocycles. The average molecular weight is 362 g/mol. The molecule has 0 aliphatic heterocycles. The molecule has 1 N–H and O–H groups in total. The monoisotopic (exact) mass is 361 g/mol. The third-order valence-corrected chi connectivity index (χ3v) is 5.02. The van der Waals surface area contributed by atoms with Gasteiger partial charge >= 0.3 is 0 Å². The number of nitrogens with one attached hydrogen (secondary N) is 1. The summed E-state index contributed by atoms with van der Waals surface area (Å²) in [6.07, 6.45) is 0.911. The van der Waals surface area contributed by atoms with Gasteiger partial charge in [-0.05, 0) is 25.1 Å². The smallest absolute Gasteiger partial charge is 0.270 e. The molecular formula is C19H27N3O2S. The highest BCUT2D eigenvalue weighted by molar-refractivity contribution is 7.09. The highest BCUT2D eigenvalue weighted by atomic mass is 32.1. The van der Waals surface area contributed by atoms with E-state index in [1.807, 2.05) is 6.07 Å². The number of thiazole rings is 1. The minimum absolute atomic E-state index is 0.121. The van der Waals surface area contributed by atoms with Crippen LogP contribution in [0, 0.1) is 0 Å². The summed E-state index contributed by atoms with van der Waals surface area (Å²) in [6.45, 7) is 7.26. The van der Waals surface area contributed by atoms with Gasteiger partial charge in [-0.1, -0.05) is 44.2 Å². The lowest BCUT2D eigenvalue weighted by atomic mass is 10.0. The van der Waals surface area contributed by atoms with Crippen LogP contribution in [0.25, 0.3) is 0 Å². The lowest BCUT2D eigenvalue weighted by Gasteiger charge is -2.30. The summed E-state index contributed by atoms with van der Waals surface area (Å²) in [5.41, 5.74) is 1.75. The molecule has 136 valence electrons. The van der Waals surface area contributed by atoms with Gasteiger partial charge in [0, 0.05) is 25.1 Å². The molecule has 1 heterocycles. The van der Waals surface area contributed by atoms with Gasteiger partial charge in [-0.15, -0.1) is 11.3 Å². The number of hydrogen-bond acceptors (Lipinski definition) is 5. The van der Waals surface area contributed by atoms with Crippen LogP contribution >= 0.6 is 11.3 Å². The van der Waals surface area contributed by atoms with Crippen molar-refractivity contribution in [3.05, 3.63) is 52.0 Å². The van der Waals surface area contributed by atoms with E-state index in [1.165, 1.54) is 16.9 Å². The molecule has 0 aliphatic rings. The van der Waals surface area contributed by atoms with Gasteiger partial charge < -0.3 is 10.1 Å². The molecule has 5 nitrogen and oxygen atoms in total. The topological polar surface area (TPSA) is 54.5 Å². The first kappa shape index (κ1) is 19.6. The second-order valence-electron chi connectivity index (χ2n) is 5.83. The van der Waals surface area contributed by atoms with Gasteiger partial charge in [-0.3, -0.25) is 9.69 Å². The standard InChI is InChI=1S/C19H27N3O2S/c1-4-22(5-2)16(11-15-9-7-6-8-10-15)12-20-19(23)17-14-25-18(21-17)13-24-3/h6-10,14,16H,4-5,11-13H2,1-3H3,(H,20,23). The van der Waals surface area contributed by atoms with Crippen molar-refractivity contribution < 1.29 is 9.53 Å². The van der Waals surface area contributed by atoms with Crippen LogP contribution in [0.4, 0.5) is 0 Å². The Bertz CT molecular complexity index is 641. The van der Waals surface area contributed by atoms with Gasteiger partial charge in [0.25, 0.3) is 5.91 Å². The van der Waals surface area contributed by atoms with Crippen LogP contribution in [-0.4, -0.2) is 48.6 Å². The maximum absolute atomic E-state index is 12.4. The van der Waals surface area contributed by atoms with Crippen LogP contribution in [0.3, 0.4) is 0 Å². The predicted molar refractivity (Wildman–Crippen MR) is 102 cm³/mol. The Morgan fingerprint density at radius 3 is 2.64 bits per heavy atom. The van der Waals surface area contributed by atoms with E-state index < -0.39 is 0 Å². The van der Waals surface area contributed by atoms with Gasteiger partial charge in [0.15, 0.2) is 0 Å². The summed E-state index contributed by atoms with van der Waals surface area (Å²) in [6, 6.07) is 10.7. The van der Waals surface area contributed by atoms with Gasteiger partial charge in [-0.2, -0.15) is 0 Å².